The number of carbonyl (C=O) groups is 1. The van der Waals surface area contributed by atoms with Crippen LogP contribution in [0.1, 0.15) is 22.8 Å². The maximum Gasteiger partial charge on any atom is 0.171 e. The third-order valence-corrected chi connectivity index (χ3v) is 6.19. The lowest BCUT2D eigenvalue weighted by molar-refractivity contribution is -0.114. The highest BCUT2D eigenvalue weighted by molar-refractivity contribution is 14.1. The van der Waals surface area contributed by atoms with Gasteiger partial charge in [0, 0.05) is 16.6 Å². The number of hydrogen-bond acceptors (Lipinski definition) is 2. The fourth-order valence-corrected chi connectivity index (χ4v) is 4.47. The van der Waals surface area contributed by atoms with Gasteiger partial charge >= 0.3 is 0 Å². The molecule has 1 nitrogen and oxygen atoms in total. The number of ketones is 1. The molecule has 2 aromatic carbocycles. The summed E-state index contributed by atoms with van der Waals surface area (Å²) in [5.74, 6) is 0.247. The summed E-state index contributed by atoms with van der Waals surface area (Å²) in [7, 11) is 0. The molecule has 0 saturated carbocycles. The fraction of sp³-hybridized carbons (Fsp3) is 0.118. The predicted molar refractivity (Wildman–Crippen MR) is 93.8 cm³/mol. The molecule has 0 radical (unpaired) electrons. The van der Waals surface area contributed by atoms with E-state index in [-0.39, 0.29) is 11.0 Å². The molecule has 0 amide bonds. The van der Waals surface area contributed by atoms with Crippen LogP contribution in [0.2, 0.25) is 0 Å². The summed E-state index contributed by atoms with van der Waals surface area (Å²) in [6.45, 7) is 0. The Hall–Kier alpha value is -1.07. The number of carbonyl (C=O) groups excluding carboxylic acids is 1. The monoisotopic (exact) mass is 392 g/mol. The van der Waals surface area contributed by atoms with E-state index in [0.29, 0.717) is 6.42 Å². The molecule has 3 heteroatoms. The van der Waals surface area contributed by atoms with E-state index in [1.807, 2.05) is 36.4 Å². The van der Waals surface area contributed by atoms with Crippen LogP contribution in [0.3, 0.4) is 0 Å². The Kier molecular flexibility index (Phi) is 4.27. The van der Waals surface area contributed by atoms with Gasteiger partial charge in [0.15, 0.2) is 5.78 Å². The molecule has 0 saturated heterocycles. The van der Waals surface area contributed by atoms with E-state index >= 15 is 0 Å². The molecule has 0 fully saturated rings. The van der Waals surface area contributed by atoms with Crippen molar-refractivity contribution in [2.24, 2.45) is 0 Å². The van der Waals surface area contributed by atoms with Crippen LogP contribution >= 0.6 is 34.4 Å². The zero-order valence-corrected chi connectivity index (χ0v) is 13.7. The number of halogens is 1. The van der Waals surface area contributed by atoms with Crippen LogP contribution in [0.5, 0.6) is 0 Å². The topological polar surface area (TPSA) is 17.1 Å². The van der Waals surface area contributed by atoms with Crippen molar-refractivity contribution in [1.29, 1.82) is 0 Å². The Bertz CT molecular complexity index is 649. The highest BCUT2D eigenvalue weighted by atomic mass is 127. The van der Waals surface area contributed by atoms with Gasteiger partial charge in [0.1, 0.15) is 0 Å². The quantitative estimate of drug-likeness (QED) is 0.651. The van der Waals surface area contributed by atoms with Gasteiger partial charge in [0.25, 0.3) is 0 Å². The highest BCUT2D eigenvalue weighted by Crippen LogP contribution is 2.49. The maximum atomic E-state index is 12.3. The number of thioether (sulfide) groups is 1. The van der Waals surface area contributed by atoms with Crippen LogP contribution in [0.15, 0.2) is 64.2 Å². The molecule has 0 bridgehead atoms. The summed E-state index contributed by atoms with van der Waals surface area (Å²) < 4.78 is 0.867. The van der Waals surface area contributed by atoms with Crippen molar-refractivity contribution in [2.75, 3.05) is 0 Å². The van der Waals surface area contributed by atoms with E-state index in [9.17, 15) is 4.79 Å². The Balaban J connectivity index is 1.98. The average Bonchev–Trinajstić information content (AvgIpc) is 2.51. The molecule has 100 valence electrons. The van der Waals surface area contributed by atoms with Crippen molar-refractivity contribution in [3.8, 4) is 0 Å². The minimum absolute atomic E-state index is 0.220. The van der Waals surface area contributed by atoms with E-state index in [1.54, 1.807) is 11.8 Å². The molecule has 1 atom stereocenters. The minimum atomic E-state index is 0.220. The number of allylic oxidation sites excluding steroid dienone is 1. The van der Waals surface area contributed by atoms with Gasteiger partial charge in [-0.15, -0.1) is 11.8 Å². The summed E-state index contributed by atoms with van der Waals surface area (Å²) in [6.07, 6.45) is 0.587. The Morgan fingerprint density at radius 2 is 1.55 bits per heavy atom. The highest BCUT2D eigenvalue weighted by Gasteiger charge is 2.28. The molecular formula is C17H13IOS. The van der Waals surface area contributed by atoms with Crippen LogP contribution in [0.4, 0.5) is 0 Å². The second kappa shape index (κ2) is 6.14. The molecule has 1 heterocycles. The summed E-state index contributed by atoms with van der Waals surface area (Å²) in [6, 6.07) is 20.5. The van der Waals surface area contributed by atoms with Crippen molar-refractivity contribution in [3.63, 3.8) is 0 Å². The average molecular weight is 392 g/mol. The molecule has 3 rings (SSSR count). The van der Waals surface area contributed by atoms with E-state index in [2.05, 4.69) is 46.9 Å². The summed E-state index contributed by atoms with van der Waals surface area (Å²) in [5.41, 5.74) is 2.36. The SMILES string of the molecule is O=C1CC(c2ccccc2)SC(c2ccccc2)=C1I. The zero-order chi connectivity index (χ0) is 13.9. The van der Waals surface area contributed by atoms with Crippen molar-refractivity contribution in [3.05, 3.63) is 75.4 Å². The van der Waals surface area contributed by atoms with Crippen molar-refractivity contribution < 1.29 is 4.79 Å². The van der Waals surface area contributed by atoms with Crippen molar-refractivity contribution >= 4 is 45.0 Å². The molecule has 1 unspecified atom stereocenters. The van der Waals surface area contributed by atoms with E-state index in [0.717, 1.165) is 14.0 Å². The maximum absolute atomic E-state index is 12.3. The lowest BCUT2D eigenvalue weighted by atomic mass is 10.1. The van der Waals surface area contributed by atoms with Crippen LogP contribution in [0.25, 0.3) is 4.91 Å². The smallest absolute Gasteiger partial charge is 0.171 e. The van der Waals surface area contributed by atoms with Gasteiger partial charge < -0.3 is 0 Å². The first-order valence-corrected chi connectivity index (χ1v) is 8.41. The van der Waals surface area contributed by atoms with Crippen LogP contribution in [-0.4, -0.2) is 5.78 Å². The predicted octanol–water partition coefficient (Wildman–Crippen LogP) is 5.24. The second-order valence-electron chi connectivity index (χ2n) is 4.65. The number of benzene rings is 2. The summed E-state index contributed by atoms with van der Waals surface area (Å²) in [5, 5.41) is 0.220. The van der Waals surface area contributed by atoms with Gasteiger partial charge in [-0.1, -0.05) is 60.7 Å². The molecule has 0 aliphatic carbocycles. The number of hydrogen-bond donors (Lipinski definition) is 0. The van der Waals surface area contributed by atoms with Gasteiger partial charge in [-0.05, 0) is 33.7 Å². The molecule has 2 aromatic rings. The first-order chi connectivity index (χ1) is 9.75. The Labute approximate surface area is 136 Å². The van der Waals surface area contributed by atoms with Gasteiger partial charge in [0.2, 0.25) is 0 Å². The minimum Gasteiger partial charge on any atom is -0.294 e. The normalized spacial score (nSPS) is 19.2. The first-order valence-electron chi connectivity index (χ1n) is 6.45. The standard InChI is InChI=1S/C17H13IOS/c18-16-14(19)11-15(12-7-3-1-4-8-12)20-17(16)13-9-5-2-6-10-13/h1-10,15H,11H2. The van der Waals surface area contributed by atoms with Crippen LogP contribution < -0.4 is 0 Å². The molecule has 1 aliphatic heterocycles. The number of Topliss-reactive ketones (excluding diaryl/α,β-unsaturated/α-hetero) is 1. The molecule has 0 spiro atoms. The molecule has 0 aromatic heterocycles. The van der Waals surface area contributed by atoms with E-state index < -0.39 is 0 Å². The van der Waals surface area contributed by atoms with Gasteiger partial charge in [-0.2, -0.15) is 0 Å². The van der Waals surface area contributed by atoms with Gasteiger partial charge in [-0.3, -0.25) is 4.79 Å². The number of rotatable bonds is 2. The van der Waals surface area contributed by atoms with E-state index in [4.69, 9.17) is 0 Å². The van der Waals surface area contributed by atoms with Gasteiger partial charge in [0.05, 0.1) is 3.58 Å². The van der Waals surface area contributed by atoms with Gasteiger partial charge in [-0.25, -0.2) is 0 Å². The molecule has 20 heavy (non-hydrogen) atoms. The second-order valence-corrected chi connectivity index (χ2v) is 6.95. The first kappa shape index (κ1) is 13.9. The lowest BCUT2D eigenvalue weighted by Crippen LogP contribution is -2.11. The zero-order valence-electron chi connectivity index (χ0n) is 10.8. The largest absolute Gasteiger partial charge is 0.294 e. The molecule has 0 N–H and O–H groups in total. The third kappa shape index (κ3) is 2.83. The lowest BCUT2D eigenvalue weighted by Gasteiger charge is -2.24. The van der Waals surface area contributed by atoms with E-state index in [1.165, 1.54) is 5.56 Å². The summed E-state index contributed by atoms with van der Waals surface area (Å²) >= 11 is 3.99. The van der Waals surface area contributed by atoms with Crippen molar-refractivity contribution in [2.45, 2.75) is 11.7 Å². The Morgan fingerprint density at radius 1 is 0.950 bits per heavy atom. The third-order valence-electron chi connectivity index (χ3n) is 3.28. The van der Waals surface area contributed by atoms with Crippen LogP contribution in [-0.2, 0) is 4.79 Å². The van der Waals surface area contributed by atoms with Crippen LogP contribution in [0, 0.1) is 0 Å². The fourth-order valence-electron chi connectivity index (χ4n) is 2.26. The summed E-state index contributed by atoms with van der Waals surface area (Å²) in [4.78, 5) is 13.4. The van der Waals surface area contributed by atoms with Crippen molar-refractivity contribution in [1.82, 2.24) is 0 Å². The molecular weight excluding hydrogens is 379 g/mol. The Morgan fingerprint density at radius 3 is 2.20 bits per heavy atom. The molecule has 1 aliphatic rings.